The molecule has 0 fully saturated rings. The molecule has 0 amide bonds. The summed E-state index contributed by atoms with van der Waals surface area (Å²) >= 11 is 6.00. The lowest BCUT2D eigenvalue weighted by Gasteiger charge is -2.22. The Kier molecular flexibility index (Phi) is 5.42. The fourth-order valence-corrected chi connectivity index (χ4v) is 3.40. The molecule has 0 saturated heterocycles. The molecule has 0 radical (unpaired) electrons. The van der Waals surface area contributed by atoms with Gasteiger partial charge in [0.05, 0.1) is 17.5 Å². The second kappa shape index (κ2) is 6.86. The Bertz CT molecular complexity index is 844. The number of ether oxygens (including phenoxy) is 1. The molecule has 1 atom stereocenters. The quantitative estimate of drug-likeness (QED) is 0.788. The Morgan fingerprint density at radius 3 is 2.58 bits per heavy atom. The number of nitrogens with zero attached hydrogens (tertiary/aromatic N) is 1. The first kappa shape index (κ1) is 19.0. The molecular weight excluding hydrogens is 350 g/mol. The predicted octanol–water partition coefficient (Wildman–Crippen LogP) is 3.32. The van der Waals surface area contributed by atoms with Crippen molar-refractivity contribution in [2.24, 2.45) is 0 Å². The van der Waals surface area contributed by atoms with Gasteiger partial charge in [-0.2, -0.15) is 0 Å². The van der Waals surface area contributed by atoms with Gasteiger partial charge in [-0.15, -0.1) is 0 Å². The van der Waals surface area contributed by atoms with Gasteiger partial charge in [-0.1, -0.05) is 17.7 Å². The van der Waals surface area contributed by atoms with Crippen LogP contribution in [0.25, 0.3) is 10.8 Å². The molecule has 1 N–H and O–H groups in total. The predicted molar refractivity (Wildman–Crippen MR) is 96.4 cm³/mol. The zero-order chi connectivity index (χ0) is 18.1. The van der Waals surface area contributed by atoms with Crippen molar-refractivity contribution in [3.05, 3.63) is 35.1 Å². The second-order valence-electron chi connectivity index (χ2n) is 6.57. The number of pyridine rings is 1. The van der Waals surface area contributed by atoms with Gasteiger partial charge in [0.2, 0.25) is 0 Å². The normalized spacial score (nSPS) is 13.9. The fourth-order valence-electron chi connectivity index (χ4n) is 2.48. The van der Waals surface area contributed by atoms with Crippen LogP contribution in [0.15, 0.2) is 24.4 Å². The highest BCUT2D eigenvalue weighted by molar-refractivity contribution is 7.90. The zero-order valence-corrected chi connectivity index (χ0v) is 15.8. The number of hydrogen-bond donors (Lipinski definition) is 1. The smallest absolute Gasteiger partial charge is 0.147 e. The minimum absolute atomic E-state index is 0.0674. The van der Waals surface area contributed by atoms with Crippen LogP contribution in [0.3, 0.4) is 0 Å². The Labute approximate surface area is 147 Å². The van der Waals surface area contributed by atoms with Crippen molar-refractivity contribution in [3.8, 4) is 5.75 Å². The highest BCUT2D eigenvalue weighted by Gasteiger charge is 2.21. The van der Waals surface area contributed by atoms with E-state index in [4.69, 9.17) is 16.3 Å². The summed E-state index contributed by atoms with van der Waals surface area (Å²) in [5.74, 6) is 0.654. The average molecular weight is 372 g/mol. The summed E-state index contributed by atoms with van der Waals surface area (Å²) in [6.45, 7) is 5.22. The molecule has 0 spiro atoms. The van der Waals surface area contributed by atoms with E-state index in [1.807, 2.05) is 6.92 Å². The van der Waals surface area contributed by atoms with Crippen LogP contribution in [0.4, 0.5) is 0 Å². The summed E-state index contributed by atoms with van der Waals surface area (Å²) in [5, 5.41) is 12.2. The lowest BCUT2D eigenvalue weighted by molar-refractivity contribution is 0.0801. The summed E-state index contributed by atoms with van der Waals surface area (Å²) in [4.78, 5) is 4.09. The molecule has 0 saturated carbocycles. The van der Waals surface area contributed by atoms with Gasteiger partial charge in [-0.05, 0) is 50.3 Å². The molecule has 5 nitrogen and oxygen atoms in total. The van der Waals surface area contributed by atoms with Crippen molar-refractivity contribution in [2.45, 2.75) is 38.9 Å². The van der Waals surface area contributed by atoms with Gasteiger partial charge in [-0.3, -0.25) is 0 Å². The maximum absolute atomic E-state index is 11.3. The Morgan fingerprint density at radius 1 is 1.33 bits per heavy atom. The Balaban J connectivity index is 2.39. The van der Waals surface area contributed by atoms with Crippen molar-refractivity contribution in [1.29, 1.82) is 0 Å². The maximum atomic E-state index is 11.3. The van der Waals surface area contributed by atoms with Gasteiger partial charge >= 0.3 is 0 Å². The van der Waals surface area contributed by atoms with E-state index in [-0.39, 0.29) is 11.9 Å². The van der Waals surface area contributed by atoms with Gasteiger partial charge < -0.3 is 9.84 Å². The van der Waals surface area contributed by atoms with Crippen molar-refractivity contribution in [2.75, 3.05) is 12.0 Å². The van der Waals surface area contributed by atoms with Crippen molar-refractivity contribution < 1.29 is 18.3 Å². The summed E-state index contributed by atoms with van der Waals surface area (Å²) in [6, 6.07) is 5.25. The molecule has 2 rings (SSSR count). The first-order valence-electron chi connectivity index (χ1n) is 7.63. The molecular formula is C17H22ClNO4S. The standard InChI is InChI=1S/C17H22ClNO4S/c1-11(7-8-24(4,21)22)23-15-6-5-14(17(2,3)20)12-9-16(18)19-10-13(12)15/h5-6,9-11,20H,7-8H2,1-4H3. The molecule has 1 unspecified atom stereocenters. The van der Waals surface area contributed by atoms with Crippen LogP contribution < -0.4 is 4.74 Å². The molecule has 132 valence electrons. The number of sulfone groups is 1. The third-order valence-corrected chi connectivity index (χ3v) is 4.89. The van der Waals surface area contributed by atoms with E-state index in [1.54, 1.807) is 38.2 Å². The number of halogens is 1. The molecule has 1 aromatic heterocycles. The van der Waals surface area contributed by atoms with Crippen LogP contribution in [0.2, 0.25) is 5.15 Å². The number of hydrogen-bond acceptors (Lipinski definition) is 5. The summed E-state index contributed by atoms with van der Waals surface area (Å²) in [7, 11) is -3.03. The molecule has 0 aliphatic rings. The van der Waals surface area contributed by atoms with Gasteiger partial charge in [-0.25, -0.2) is 13.4 Å². The number of rotatable bonds is 6. The molecule has 0 bridgehead atoms. The largest absolute Gasteiger partial charge is 0.490 e. The molecule has 7 heteroatoms. The van der Waals surface area contributed by atoms with Gasteiger partial charge in [0.15, 0.2) is 0 Å². The van der Waals surface area contributed by atoms with Crippen molar-refractivity contribution in [3.63, 3.8) is 0 Å². The van der Waals surface area contributed by atoms with E-state index in [0.717, 1.165) is 16.3 Å². The highest BCUT2D eigenvalue weighted by Crippen LogP contribution is 2.35. The van der Waals surface area contributed by atoms with Crippen LogP contribution in [0.1, 0.15) is 32.8 Å². The van der Waals surface area contributed by atoms with Crippen LogP contribution in [-0.2, 0) is 15.4 Å². The number of benzene rings is 1. The van der Waals surface area contributed by atoms with Crippen molar-refractivity contribution in [1.82, 2.24) is 4.98 Å². The third kappa shape index (κ3) is 4.82. The van der Waals surface area contributed by atoms with E-state index >= 15 is 0 Å². The second-order valence-corrected chi connectivity index (χ2v) is 9.22. The summed E-state index contributed by atoms with van der Waals surface area (Å²) in [6.07, 6.45) is 2.94. The molecule has 0 aliphatic heterocycles. The highest BCUT2D eigenvalue weighted by atomic mass is 35.5. The minimum atomic E-state index is -3.03. The Hall–Kier alpha value is -1.37. The minimum Gasteiger partial charge on any atom is -0.490 e. The third-order valence-electron chi connectivity index (χ3n) is 3.71. The first-order chi connectivity index (χ1) is 11.0. The van der Waals surface area contributed by atoms with E-state index in [1.165, 1.54) is 6.26 Å². The van der Waals surface area contributed by atoms with E-state index < -0.39 is 15.4 Å². The molecule has 24 heavy (non-hydrogen) atoms. The molecule has 1 aromatic carbocycles. The Morgan fingerprint density at radius 2 is 2.00 bits per heavy atom. The molecule has 1 heterocycles. The van der Waals surface area contributed by atoms with E-state index in [9.17, 15) is 13.5 Å². The lowest BCUT2D eigenvalue weighted by Crippen LogP contribution is -2.18. The first-order valence-corrected chi connectivity index (χ1v) is 10.1. The molecule has 2 aromatic rings. The van der Waals surface area contributed by atoms with E-state index in [0.29, 0.717) is 17.3 Å². The summed E-state index contributed by atoms with van der Waals surface area (Å²) < 4.78 is 28.5. The van der Waals surface area contributed by atoms with Gasteiger partial charge in [0.1, 0.15) is 20.7 Å². The van der Waals surface area contributed by atoms with Crippen LogP contribution >= 0.6 is 11.6 Å². The van der Waals surface area contributed by atoms with Crippen LogP contribution in [-0.4, -0.2) is 36.6 Å². The zero-order valence-electron chi connectivity index (χ0n) is 14.2. The fraction of sp³-hybridized carbons (Fsp3) is 0.471. The lowest BCUT2D eigenvalue weighted by atomic mass is 9.93. The van der Waals surface area contributed by atoms with Gasteiger partial charge in [0.25, 0.3) is 0 Å². The van der Waals surface area contributed by atoms with Crippen LogP contribution in [0, 0.1) is 0 Å². The number of aromatic nitrogens is 1. The monoisotopic (exact) mass is 371 g/mol. The SMILES string of the molecule is CC(CCS(C)(=O)=O)Oc1ccc(C(C)(C)O)c2cc(Cl)ncc12. The molecule has 0 aliphatic carbocycles. The van der Waals surface area contributed by atoms with Gasteiger partial charge in [0, 0.05) is 17.8 Å². The number of fused-ring (bicyclic) bond motifs is 1. The number of aliphatic hydroxyl groups is 1. The topological polar surface area (TPSA) is 76.5 Å². The van der Waals surface area contributed by atoms with Crippen LogP contribution in [0.5, 0.6) is 5.75 Å². The van der Waals surface area contributed by atoms with E-state index in [2.05, 4.69) is 4.98 Å². The van der Waals surface area contributed by atoms with Crippen molar-refractivity contribution >= 4 is 32.2 Å². The maximum Gasteiger partial charge on any atom is 0.147 e. The average Bonchev–Trinajstić information content (AvgIpc) is 2.43. The summed E-state index contributed by atoms with van der Waals surface area (Å²) in [5.41, 5.74) is -0.318.